The van der Waals surface area contributed by atoms with Crippen molar-refractivity contribution in [3.63, 3.8) is 0 Å². The summed E-state index contributed by atoms with van der Waals surface area (Å²) in [6.07, 6.45) is 3.71. The molecule has 3 nitrogen and oxygen atoms in total. The fraction of sp³-hybridized carbons (Fsp3) is 0.182. The standard InChI is InChI=1S/C11H10O3/c12-10-3-1-2-8(7-10)6-9-4-5-14-11(9)13/h1-5,7,9,12H,6H2. The summed E-state index contributed by atoms with van der Waals surface area (Å²) in [4.78, 5) is 11.1. The molecule has 0 amide bonds. The zero-order valence-corrected chi connectivity index (χ0v) is 7.51. The second-order valence-corrected chi connectivity index (χ2v) is 3.25. The maximum atomic E-state index is 11.1. The van der Waals surface area contributed by atoms with Crippen LogP contribution in [-0.2, 0) is 16.0 Å². The van der Waals surface area contributed by atoms with Gasteiger partial charge in [0, 0.05) is 0 Å². The van der Waals surface area contributed by atoms with Crippen LogP contribution < -0.4 is 0 Å². The highest BCUT2D eigenvalue weighted by molar-refractivity contribution is 5.77. The molecule has 14 heavy (non-hydrogen) atoms. The minimum absolute atomic E-state index is 0.211. The molecule has 0 spiro atoms. The average molecular weight is 190 g/mol. The van der Waals surface area contributed by atoms with Crippen LogP contribution in [0.25, 0.3) is 0 Å². The molecule has 1 aliphatic heterocycles. The van der Waals surface area contributed by atoms with Gasteiger partial charge in [-0.2, -0.15) is 0 Å². The van der Waals surface area contributed by atoms with Gasteiger partial charge >= 0.3 is 5.97 Å². The lowest BCUT2D eigenvalue weighted by molar-refractivity contribution is -0.138. The molecule has 0 saturated carbocycles. The van der Waals surface area contributed by atoms with E-state index in [9.17, 15) is 9.90 Å². The van der Waals surface area contributed by atoms with Gasteiger partial charge in [0.05, 0.1) is 12.2 Å². The van der Waals surface area contributed by atoms with E-state index >= 15 is 0 Å². The van der Waals surface area contributed by atoms with Crippen LogP contribution in [0.1, 0.15) is 5.56 Å². The van der Waals surface area contributed by atoms with Gasteiger partial charge in [0.1, 0.15) is 5.75 Å². The molecule has 0 bridgehead atoms. The zero-order chi connectivity index (χ0) is 9.97. The lowest BCUT2D eigenvalue weighted by atomic mass is 10.0. The number of hydrogen-bond donors (Lipinski definition) is 1. The molecule has 2 rings (SSSR count). The minimum atomic E-state index is -0.228. The number of hydrogen-bond acceptors (Lipinski definition) is 3. The van der Waals surface area contributed by atoms with Crippen molar-refractivity contribution in [3.8, 4) is 5.75 Å². The van der Waals surface area contributed by atoms with E-state index in [0.717, 1.165) is 5.56 Å². The van der Waals surface area contributed by atoms with Gasteiger partial charge in [-0.3, -0.25) is 4.79 Å². The number of benzene rings is 1. The van der Waals surface area contributed by atoms with Crippen molar-refractivity contribution in [1.29, 1.82) is 0 Å². The van der Waals surface area contributed by atoms with Gasteiger partial charge in [0.2, 0.25) is 0 Å². The molecule has 1 unspecified atom stereocenters. The summed E-state index contributed by atoms with van der Waals surface area (Å²) < 4.78 is 4.69. The van der Waals surface area contributed by atoms with E-state index in [0.29, 0.717) is 6.42 Å². The molecule has 1 atom stereocenters. The number of phenols is 1. The van der Waals surface area contributed by atoms with Crippen molar-refractivity contribution in [1.82, 2.24) is 0 Å². The molecule has 1 heterocycles. The highest BCUT2D eigenvalue weighted by atomic mass is 16.5. The number of esters is 1. The van der Waals surface area contributed by atoms with Gasteiger partial charge in [-0.05, 0) is 30.2 Å². The van der Waals surface area contributed by atoms with Crippen LogP contribution in [0.4, 0.5) is 0 Å². The Labute approximate surface area is 81.6 Å². The van der Waals surface area contributed by atoms with Gasteiger partial charge in [-0.25, -0.2) is 0 Å². The normalized spacial score (nSPS) is 19.7. The molecule has 0 saturated heterocycles. The third-order valence-electron chi connectivity index (χ3n) is 2.16. The highest BCUT2D eigenvalue weighted by Gasteiger charge is 2.21. The van der Waals surface area contributed by atoms with E-state index in [1.165, 1.54) is 6.26 Å². The van der Waals surface area contributed by atoms with E-state index in [1.807, 2.05) is 6.07 Å². The molecule has 1 aromatic carbocycles. The predicted octanol–water partition coefficient (Wildman–Crippen LogP) is 1.62. The van der Waals surface area contributed by atoms with Crippen molar-refractivity contribution in [3.05, 3.63) is 42.2 Å². The van der Waals surface area contributed by atoms with Gasteiger partial charge in [-0.15, -0.1) is 0 Å². The Bertz CT molecular complexity index is 382. The molecule has 72 valence electrons. The minimum Gasteiger partial charge on any atom is -0.508 e. The number of phenolic OH excluding ortho intramolecular Hbond substituents is 1. The number of carbonyl (C=O) groups excluding carboxylic acids is 1. The topological polar surface area (TPSA) is 46.5 Å². The third-order valence-corrected chi connectivity index (χ3v) is 2.16. The van der Waals surface area contributed by atoms with Crippen molar-refractivity contribution in [2.45, 2.75) is 6.42 Å². The van der Waals surface area contributed by atoms with Gasteiger partial charge in [-0.1, -0.05) is 12.1 Å². The predicted molar refractivity (Wildman–Crippen MR) is 50.5 cm³/mol. The first kappa shape index (κ1) is 8.81. The molecule has 0 fully saturated rings. The fourth-order valence-electron chi connectivity index (χ4n) is 1.46. The van der Waals surface area contributed by atoms with Crippen LogP contribution >= 0.6 is 0 Å². The summed E-state index contributed by atoms with van der Waals surface area (Å²) in [6.45, 7) is 0. The SMILES string of the molecule is O=C1OC=CC1Cc1cccc(O)c1. The lowest BCUT2D eigenvalue weighted by Gasteiger charge is -2.04. The van der Waals surface area contributed by atoms with Crippen LogP contribution in [0, 0.1) is 5.92 Å². The summed E-state index contributed by atoms with van der Waals surface area (Å²) in [5.41, 5.74) is 0.929. The Morgan fingerprint density at radius 1 is 1.43 bits per heavy atom. The lowest BCUT2D eigenvalue weighted by Crippen LogP contribution is -2.10. The Balaban J connectivity index is 2.10. The molecule has 1 aliphatic rings. The first-order valence-corrected chi connectivity index (χ1v) is 4.41. The molecule has 0 aliphatic carbocycles. The summed E-state index contributed by atoms with van der Waals surface area (Å²) in [7, 11) is 0. The number of aromatic hydroxyl groups is 1. The van der Waals surface area contributed by atoms with Crippen molar-refractivity contribution >= 4 is 5.97 Å². The molecule has 1 aromatic rings. The Morgan fingerprint density at radius 2 is 2.29 bits per heavy atom. The number of rotatable bonds is 2. The van der Waals surface area contributed by atoms with Gasteiger partial charge < -0.3 is 9.84 Å². The van der Waals surface area contributed by atoms with E-state index in [-0.39, 0.29) is 17.6 Å². The zero-order valence-electron chi connectivity index (χ0n) is 7.51. The van der Waals surface area contributed by atoms with Crippen molar-refractivity contribution in [2.24, 2.45) is 5.92 Å². The van der Waals surface area contributed by atoms with Crippen molar-refractivity contribution in [2.75, 3.05) is 0 Å². The fourth-order valence-corrected chi connectivity index (χ4v) is 1.46. The third kappa shape index (κ3) is 1.76. The van der Waals surface area contributed by atoms with Crippen molar-refractivity contribution < 1.29 is 14.6 Å². The Hall–Kier alpha value is -1.77. The molecular weight excluding hydrogens is 180 g/mol. The first-order chi connectivity index (χ1) is 6.75. The van der Waals surface area contributed by atoms with Crippen LogP contribution in [0.5, 0.6) is 5.75 Å². The van der Waals surface area contributed by atoms with E-state index in [2.05, 4.69) is 4.74 Å². The summed E-state index contributed by atoms with van der Waals surface area (Å²) >= 11 is 0. The highest BCUT2D eigenvalue weighted by Crippen LogP contribution is 2.19. The number of cyclic esters (lactones) is 1. The maximum Gasteiger partial charge on any atom is 0.318 e. The van der Waals surface area contributed by atoms with Crippen LogP contribution in [-0.4, -0.2) is 11.1 Å². The molecular formula is C11H10O3. The van der Waals surface area contributed by atoms with E-state index < -0.39 is 0 Å². The van der Waals surface area contributed by atoms with Crippen LogP contribution in [0.3, 0.4) is 0 Å². The number of carbonyl (C=O) groups is 1. The van der Waals surface area contributed by atoms with Gasteiger partial charge in [0.25, 0.3) is 0 Å². The summed E-state index contributed by atoms with van der Waals surface area (Å²) in [5, 5.41) is 9.22. The summed E-state index contributed by atoms with van der Waals surface area (Å²) in [5.74, 6) is -0.219. The smallest absolute Gasteiger partial charge is 0.318 e. The molecule has 3 heteroatoms. The average Bonchev–Trinajstić information content (AvgIpc) is 2.52. The second-order valence-electron chi connectivity index (χ2n) is 3.25. The second kappa shape index (κ2) is 3.54. The molecule has 0 radical (unpaired) electrons. The van der Waals surface area contributed by atoms with Crippen LogP contribution in [0.2, 0.25) is 0 Å². The Morgan fingerprint density at radius 3 is 2.93 bits per heavy atom. The quantitative estimate of drug-likeness (QED) is 0.721. The van der Waals surface area contributed by atoms with Crippen LogP contribution in [0.15, 0.2) is 36.6 Å². The van der Waals surface area contributed by atoms with E-state index in [1.54, 1.807) is 24.3 Å². The monoisotopic (exact) mass is 190 g/mol. The largest absolute Gasteiger partial charge is 0.508 e. The van der Waals surface area contributed by atoms with Gasteiger partial charge in [0.15, 0.2) is 0 Å². The number of ether oxygens (including phenoxy) is 1. The Kier molecular flexibility index (Phi) is 2.23. The molecule has 1 N–H and O–H groups in total. The first-order valence-electron chi connectivity index (χ1n) is 4.41. The maximum absolute atomic E-state index is 11.1. The molecule has 0 aromatic heterocycles. The summed E-state index contributed by atoms with van der Waals surface area (Å²) in [6, 6.07) is 6.89. The van der Waals surface area contributed by atoms with E-state index in [4.69, 9.17) is 0 Å².